The van der Waals surface area contributed by atoms with Crippen LogP contribution in [0.2, 0.25) is 39.3 Å². The number of rotatable bonds is 5. The zero-order chi connectivity index (χ0) is 21.9. The lowest BCUT2D eigenvalue weighted by atomic mass is 9.54. The van der Waals surface area contributed by atoms with Gasteiger partial charge in [-0.15, -0.1) is 0 Å². The largest absolute Gasteiger partial charge is 0.388 e. The fourth-order valence-corrected chi connectivity index (χ4v) is 10.2. The molecule has 0 aromatic heterocycles. The van der Waals surface area contributed by atoms with Gasteiger partial charge in [-0.3, -0.25) is 0 Å². The molecule has 4 rings (SSSR count). The van der Waals surface area contributed by atoms with Crippen molar-refractivity contribution in [2.24, 2.45) is 29.1 Å². The highest BCUT2D eigenvalue weighted by Gasteiger charge is 2.57. The molecule has 0 aromatic rings. The molecule has 0 N–H and O–H groups in total. The number of fused-ring (bicyclic) bond motifs is 4. The molecule has 4 aliphatic rings. The molecule has 0 bridgehead atoms. The number of aldehydes is 1. The van der Waals surface area contributed by atoms with Crippen LogP contribution in [0.5, 0.6) is 0 Å². The molecule has 30 heavy (non-hydrogen) atoms. The number of hydrogen-bond donors (Lipinski definition) is 0. The summed E-state index contributed by atoms with van der Waals surface area (Å²) in [5.74, 6) is 1.75. The van der Waals surface area contributed by atoms with Gasteiger partial charge in [0.05, 0.1) is 0 Å². The molecule has 0 saturated heterocycles. The lowest BCUT2D eigenvalue weighted by molar-refractivity contribution is -0.125. The maximum atomic E-state index is 11.8. The summed E-state index contributed by atoms with van der Waals surface area (Å²) in [6.45, 7) is 16.3. The van der Waals surface area contributed by atoms with Crippen molar-refractivity contribution in [3.05, 3.63) is 11.1 Å². The quantitative estimate of drug-likeness (QED) is 0.198. The third-order valence-electron chi connectivity index (χ3n) is 8.50. The molecular formula is C25H44O3Si2. The molecule has 0 radical (unpaired) electrons. The van der Waals surface area contributed by atoms with Gasteiger partial charge in [0.2, 0.25) is 0 Å². The van der Waals surface area contributed by atoms with E-state index in [0.29, 0.717) is 17.8 Å². The molecule has 3 nitrogen and oxygen atoms in total. The van der Waals surface area contributed by atoms with Gasteiger partial charge in [-0.1, -0.05) is 12.5 Å². The molecule has 1 unspecified atom stereocenters. The highest BCUT2D eigenvalue weighted by molar-refractivity contribution is 6.71. The maximum Gasteiger partial charge on any atom is 0.187 e. The van der Waals surface area contributed by atoms with Crippen molar-refractivity contribution in [3.8, 4) is 0 Å². The Hall–Kier alpha value is -0.236. The fraction of sp³-hybridized carbons (Fsp3) is 0.880. The number of carbonyl (C=O) groups is 1. The maximum absolute atomic E-state index is 11.8. The van der Waals surface area contributed by atoms with Gasteiger partial charge < -0.3 is 13.6 Å². The minimum Gasteiger partial charge on any atom is -0.388 e. The van der Waals surface area contributed by atoms with Crippen LogP contribution in [0, 0.1) is 29.1 Å². The topological polar surface area (TPSA) is 35.5 Å². The molecular weight excluding hydrogens is 404 g/mol. The van der Waals surface area contributed by atoms with Crippen LogP contribution in [0.25, 0.3) is 0 Å². The first kappa shape index (κ1) is 22.9. The molecule has 3 saturated carbocycles. The van der Waals surface area contributed by atoms with E-state index in [1.54, 1.807) is 11.1 Å². The van der Waals surface area contributed by atoms with Crippen molar-refractivity contribution in [2.75, 3.05) is 0 Å². The highest BCUT2D eigenvalue weighted by atomic mass is 28.4. The SMILES string of the molecule is C[C@]12CCC3=C4C(CCCC4(O[Si](C)(C)C)O[Si](C)(C)C)CC[C@H]3[C@@H]1CC[C@H]2C=O. The Labute approximate surface area is 186 Å². The van der Waals surface area contributed by atoms with E-state index in [1.165, 1.54) is 44.8 Å². The summed E-state index contributed by atoms with van der Waals surface area (Å²) in [6, 6.07) is 0. The van der Waals surface area contributed by atoms with Crippen LogP contribution in [0.15, 0.2) is 11.1 Å². The summed E-state index contributed by atoms with van der Waals surface area (Å²) in [7, 11) is -3.58. The first-order valence-electron chi connectivity index (χ1n) is 12.5. The zero-order valence-electron chi connectivity index (χ0n) is 20.5. The molecule has 5 heteroatoms. The van der Waals surface area contributed by atoms with Crippen LogP contribution in [0.4, 0.5) is 0 Å². The zero-order valence-corrected chi connectivity index (χ0v) is 22.5. The number of hydrogen-bond acceptors (Lipinski definition) is 3. The second kappa shape index (κ2) is 7.67. The number of carbonyl (C=O) groups excluding carboxylic acids is 1. The van der Waals surface area contributed by atoms with Gasteiger partial charge in [0, 0.05) is 12.3 Å². The highest BCUT2D eigenvalue weighted by Crippen LogP contribution is 2.63. The van der Waals surface area contributed by atoms with E-state index in [1.807, 2.05) is 0 Å². The van der Waals surface area contributed by atoms with Gasteiger partial charge in [0.25, 0.3) is 0 Å². The molecule has 5 atom stereocenters. The van der Waals surface area contributed by atoms with E-state index in [4.69, 9.17) is 8.85 Å². The van der Waals surface area contributed by atoms with E-state index >= 15 is 0 Å². The van der Waals surface area contributed by atoms with Gasteiger partial charge in [-0.05, 0) is 119 Å². The van der Waals surface area contributed by atoms with E-state index in [9.17, 15) is 4.79 Å². The Kier molecular flexibility index (Phi) is 5.87. The van der Waals surface area contributed by atoms with Gasteiger partial charge in [-0.2, -0.15) is 0 Å². The summed E-state index contributed by atoms with van der Waals surface area (Å²) < 4.78 is 14.2. The summed E-state index contributed by atoms with van der Waals surface area (Å²) >= 11 is 0. The van der Waals surface area contributed by atoms with Crippen molar-refractivity contribution in [1.82, 2.24) is 0 Å². The van der Waals surface area contributed by atoms with Gasteiger partial charge >= 0.3 is 0 Å². The van der Waals surface area contributed by atoms with E-state index in [2.05, 4.69) is 46.2 Å². The summed E-state index contributed by atoms with van der Waals surface area (Å²) in [6.07, 6.45) is 12.1. The van der Waals surface area contributed by atoms with E-state index in [-0.39, 0.29) is 11.3 Å². The van der Waals surface area contributed by atoms with Crippen molar-refractivity contribution < 1.29 is 13.6 Å². The minimum absolute atomic E-state index is 0.208. The standard InChI is InChI=1S/C25H44O3Si2/c1-24-16-14-21-20(22(24)13-11-19(24)17-26)12-10-18-9-8-15-25(23(18)21,27-29(2,3)4)28-30(5,6)7/h17-20,22H,8-16H2,1-7H3/t18?,19-,20+,22-,24+/m0/s1. The van der Waals surface area contributed by atoms with E-state index < -0.39 is 22.4 Å². The van der Waals surface area contributed by atoms with Crippen LogP contribution in [-0.4, -0.2) is 28.7 Å². The average molecular weight is 449 g/mol. The molecule has 0 amide bonds. The molecule has 170 valence electrons. The monoisotopic (exact) mass is 448 g/mol. The van der Waals surface area contributed by atoms with Crippen molar-refractivity contribution in [1.29, 1.82) is 0 Å². The Balaban J connectivity index is 1.81. The molecule has 0 heterocycles. The van der Waals surface area contributed by atoms with Gasteiger partial charge in [-0.25, -0.2) is 0 Å². The predicted molar refractivity (Wildman–Crippen MR) is 128 cm³/mol. The summed E-state index contributed by atoms with van der Waals surface area (Å²) in [5.41, 5.74) is 3.50. The third-order valence-corrected chi connectivity index (χ3v) is 10.4. The second-order valence-corrected chi connectivity index (χ2v) is 21.7. The third kappa shape index (κ3) is 3.97. The fourth-order valence-electron chi connectivity index (χ4n) is 7.66. The van der Waals surface area contributed by atoms with Gasteiger partial charge in [0.15, 0.2) is 22.4 Å². The van der Waals surface area contributed by atoms with Crippen LogP contribution in [0.1, 0.15) is 64.7 Å². The number of allylic oxidation sites excluding steroid dienone is 1. The van der Waals surface area contributed by atoms with Crippen LogP contribution in [0.3, 0.4) is 0 Å². The molecule has 0 spiro atoms. The van der Waals surface area contributed by atoms with Gasteiger partial charge in [0.1, 0.15) is 6.29 Å². The molecule has 3 fully saturated rings. The summed E-state index contributed by atoms with van der Waals surface area (Å²) in [5, 5.41) is 0. The van der Waals surface area contributed by atoms with Crippen LogP contribution >= 0.6 is 0 Å². The van der Waals surface area contributed by atoms with Crippen molar-refractivity contribution >= 4 is 22.9 Å². The minimum atomic E-state index is -1.79. The first-order valence-corrected chi connectivity index (χ1v) is 19.3. The predicted octanol–water partition coefficient (Wildman–Crippen LogP) is 6.92. The Morgan fingerprint density at radius 1 is 0.900 bits per heavy atom. The second-order valence-electron chi connectivity index (χ2n) is 12.8. The first-order chi connectivity index (χ1) is 13.9. The Morgan fingerprint density at radius 3 is 2.17 bits per heavy atom. The smallest absolute Gasteiger partial charge is 0.187 e. The van der Waals surface area contributed by atoms with Crippen molar-refractivity contribution in [2.45, 2.75) is 110 Å². The van der Waals surface area contributed by atoms with Crippen LogP contribution < -0.4 is 0 Å². The summed E-state index contributed by atoms with van der Waals surface area (Å²) in [4.78, 5) is 11.8. The average Bonchev–Trinajstić information content (AvgIpc) is 2.95. The van der Waals surface area contributed by atoms with Crippen LogP contribution in [-0.2, 0) is 13.6 Å². The molecule has 0 aliphatic heterocycles. The van der Waals surface area contributed by atoms with E-state index in [0.717, 1.165) is 19.3 Å². The Morgan fingerprint density at radius 2 is 1.57 bits per heavy atom. The lowest BCUT2D eigenvalue weighted by Gasteiger charge is -2.55. The molecule has 0 aromatic carbocycles. The lowest BCUT2D eigenvalue weighted by Crippen LogP contribution is -2.56. The molecule has 4 aliphatic carbocycles. The normalized spacial score (nSPS) is 38.6. The Bertz CT molecular complexity index is 701. The van der Waals surface area contributed by atoms with Crippen molar-refractivity contribution in [3.63, 3.8) is 0 Å².